The van der Waals surface area contributed by atoms with Gasteiger partial charge in [-0.25, -0.2) is 0 Å². The molecule has 1 aromatic carbocycles. The SMILES string of the molecule is C[N+](C)(C)CCOCCC(=O)c1ccccc1. The molecule has 0 bridgehead atoms. The van der Waals surface area contributed by atoms with Crippen LogP contribution in [0, 0.1) is 0 Å². The maximum atomic E-state index is 11.7. The van der Waals surface area contributed by atoms with E-state index in [1.807, 2.05) is 30.3 Å². The minimum atomic E-state index is 0.149. The molecule has 94 valence electrons. The van der Waals surface area contributed by atoms with Gasteiger partial charge in [-0.15, -0.1) is 0 Å². The molecule has 3 nitrogen and oxygen atoms in total. The van der Waals surface area contributed by atoms with Crippen LogP contribution < -0.4 is 0 Å². The van der Waals surface area contributed by atoms with Crippen LogP contribution in [0.25, 0.3) is 0 Å². The minimum Gasteiger partial charge on any atom is -0.375 e. The molecule has 0 unspecified atom stereocenters. The zero-order chi connectivity index (χ0) is 12.7. The highest BCUT2D eigenvalue weighted by Crippen LogP contribution is 2.03. The summed E-state index contributed by atoms with van der Waals surface area (Å²) in [6.45, 7) is 2.17. The molecule has 17 heavy (non-hydrogen) atoms. The molecule has 0 spiro atoms. The Bertz CT molecular complexity index is 341. The minimum absolute atomic E-state index is 0.149. The van der Waals surface area contributed by atoms with Crippen molar-refractivity contribution in [3.63, 3.8) is 0 Å². The molecule has 0 radical (unpaired) electrons. The molecule has 0 heterocycles. The first-order chi connectivity index (χ1) is 7.99. The molecule has 0 saturated carbocycles. The van der Waals surface area contributed by atoms with Gasteiger partial charge < -0.3 is 9.22 Å². The number of benzene rings is 1. The summed E-state index contributed by atoms with van der Waals surface area (Å²) in [5.41, 5.74) is 0.766. The number of quaternary nitrogens is 1. The summed E-state index contributed by atoms with van der Waals surface area (Å²) in [5, 5.41) is 0. The van der Waals surface area contributed by atoms with Crippen molar-refractivity contribution in [2.45, 2.75) is 6.42 Å². The topological polar surface area (TPSA) is 26.3 Å². The Labute approximate surface area is 104 Å². The summed E-state index contributed by atoms with van der Waals surface area (Å²) in [7, 11) is 6.37. The summed E-state index contributed by atoms with van der Waals surface area (Å²) in [5.74, 6) is 0.149. The van der Waals surface area contributed by atoms with Crippen molar-refractivity contribution in [3.05, 3.63) is 35.9 Å². The van der Waals surface area contributed by atoms with E-state index in [1.54, 1.807) is 0 Å². The molecule has 0 aliphatic carbocycles. The van der Waals surface area contributed by atoms with Crippen molar-refractivity contribution in [3.8, 4) is 0 Å². The number of hydrogen-bond acceptors (Lipinski definition) is 2. The zero-order valence-corrected chi connectivity index (χ0v) is 11.0. The van der Waals surface area contributed by atoms with Crippen LogP contribution >= 0.6 is 0 Å². The Morgan fingerprint density at radius 1 is 1.12 bits per heavy atom. The Morgan fingerprint density at radius 2 is 1.76 bits per heavy atom. The predicted octanol–water partition coefficient (Wildman–Crippen LogP) is 1.98. The van der Waals surface area contributed by atoms with Crippen LogP contribution in [-0.2, 0) is 4.74 Å². The molecule has 3 heteroatoms. The van der Waals surface area contributed by atoms with E-state index in [9.17, 15) is 4.79 Å². The molecule has 0 aliphatic heterocycles. The second-order valence-electron chi connectivity index (χ2n) is 5.17. The van der Waals surface area contributed by atoms with Crippen molar-refractivity contribution in [1.82, 2.24) is 0 Å². The highest BCUT2D eigenvalue weighted by Gasteiger charge is 2.07. The first-order valence-electron chi connectivity index (χ1n) is 5.95. The van der Waals surface area contributed by atoms with Crippen LogP contribution in [0.15, 0.2) is 30.3 Å². The van der Waals surface area contributed by atoms with Gasteiger partial charge in [0.05, 0.1) is 34.4 Å². The van der Waals surface area contributed by atoms with Gasteiger partial charge in [0.15, 0.2) is 5.78 Å². The van der Waals surface area contributed by atoms with Gasteiger partial charge >= 0.3 is 0 Å². The van der Waals surface area contributed by atoms with E-state index in [2.05, 4.69) is 21.1 Å². The number of hydrogen-bond donors (Lipinski definition) is 0. The molecular formula is C14H22NO2+. The Morgan fingerprint density at radius 3 is 2.35 bits per heavy atom. The van der Waals surface area contributed by atoms with E-state index in [-0.39, 0.29) is 5.78 Å². The van der Waals surface area contributed by atoms with Gasteiger partial charge in [-0.3, -0.25) is 4.79 Å². The largest absolute Gasteiger partial charge is 0.375 e. The second-order valence-corrected chi connectivity index (χ2v) is 5.17. The van der Waals surface area contributed by atoms with E-state index in [1.165, 1.54) is 0 Å². The lowest BCUT2D eigenvalue weighted by atomic mass is 10.1. The summed E-state index contributed by atoms with van der Waals surface area (Å²) >= 11 is 0. The third-order valence-electron chi connectivity index (χ3n) is 2.48. The van der Waals surface area contributed by atoms with Crippen molar-refractivity contribution in [2.75, 3.05) is 40.9 Å². The molecule has 1 rings (SSSR count). The maximum Gasteiger partial charge on any atom is 0.165 e. The van der Waals surface area contributed by atoms with Crippen molar-refractivity contribution < 1.29 is 14.0 Å². The number of carbonyl (C=O) groups is 1. The molecular weight excluding hydrogens is 214 g/mol. The average molecular weight is 236 g/mol. The van der Waals surface area contributed by atoms with Gasteiger partial charge in [-0.2, -0.15) is 0 Å². The monoisotopic (exact) mass is 236 g/mol. The number of nitrogens with zero attached hydrogens (tertiary/aromatic N) is 1. The summed E-state index contributed by atoms with van der Waals surface area (Å²) in [4.78, 5) is 11.7. The smallest absolute Gasteiger partial charge is 0.165 e. The van der Waals surface area contributed by atoms with Gasteiger partial charge in [0.2, 0.25) is 0 Å². The lowest BCUT2D eigenvalue weighted by Gasteiger charge is -2.23. The lowest BCUT2D eigenvalue weighted by Crippen LogP contribution is -2.37. The number of likely N-dealkylation sites (N-methyl/N-ethyl adjacent to an activating group) is 1. The molecule has 0 amide bonds. The van der Waals surface area contributed by atoms with E-state index in [0.29, 0.717) is 19.6 Å². The van der Waals surface area contributed by atoms with E-state index in [0.717, 1.165) is 16.6 Å². The van der Waals surface area contributed by atoms with Crippen LogP contribution in [0.3, 0.4) is 0 Å². The van der Waals surface area contributed by atoms with Gasteiger partial charge in [-0.05, 0) is 0 Å². The summed E-state index contributed by atoms with van der Waals surface area (Å²) < 4.78 is 6.35. The molecule has 0 N–H and O–H groups in total. The third kappa shape index (κ3) is 6.19. The van der Waals surface area contributed by atoms with Crippen molar-refractivity contribution in [2.24, 2.45) is 0 Å². The zero-order valence-electron chi connectivity index (χ0n) is 11.0. The summed E-state index contributed by atoms with van der Waals surface area (Å²) in [6, 6.07) is 9.35. The summed E-state index contributed by atoms with van der Waals surface area (Å²) in [6.07, 6.45) is 0.459. The van der Waals surface area contributed by atoms with E-state index < -0.39 is 0 Å². The van der Waals surface area contributed by atoms with Crippen molar-refractivity contribution in [1.29, 1.82) is 0 Å². The Balaban J connectivity index is 2.18. The normalized spacial score (nSPS) is 11.5. The van der Waals surface area contributed by atoms with Crippen LogP contribution in [0.2, 0.25) is 0 Å². The van der Waals surface area contributed by atoms with E-state index in [4.69, 9.17) is 4.74 Å². The fourth-order valence-corrected chi connectivity index (χ4v) is 1.37. The van der Waals surface area contributed by atoms with Crippen LogP contribution in [0.5, 0.6) is 0 Å². The Kier molecular flexibility index (Phi) is 5.32. The quantitative estimate of drug-likeness (QED) is 0.411. The number of ketones is 1. The highest BCUT2D eigenvalue weighted by atomic mass is 16.5. The second kappa shape index (κ2) is 6.52. The van der Waals surface area contributed by atoms with Crippen LogP contribution in [0.1, 0.15) is 16.8 Å². The van der Waals surface area contributed by atoms with Crippen LogP contribution in [-0.4, -0.2) is 51.2 Å². The van der Waals surface area contributed by atoms with Crippen molar-refractivity contribution >= 4 is 5.78 Å². The molecule has 0 aliphatic rings. The standard InChI is InChI=1S/C14H22NO2/c1-15(2,3)10-12-17-11-9-14(16)13-7-5-4-6-8-13/h4-8H,9-12H2,1-3H3/q+1. The van der Waals surface area contributed by atoms with Crippen LogP contribution in [0.4, 0.5) is 0 Å². The lowest BCUT2D eigenvalue weighted by molar-refractivity contribution is -0.870. The van der Waals surface area contributed by atoms with E-state index >= 15 is 0 Å². The molecule has 0 saturated heterocycles. The Hall–Kier alpha value is -1.19. The van der Waals surface area contributed by atoms with Gasteiger partial charge in [0, 0.05) is 12.0 Å². The van der Waals surface area contributed by atoms with Gasteiger partial charge in [0.1, 0.15) is 6.54 Å². The fourth-order valence-electron chi connectivity index (χ4n) is 1.37. The fraction of sp³-hybridized carbons (Fsp3) is 0.500. The molecule has 0 aromatic heterocycles. The molecule has 1 aromatic rings. The predicted molar refractivity (Wildman–Crippen MR) is 69.1 cm³/mol. The first kappa shape index (κ1) is 13.9. The third-order valence-corrected chi connectivity index (χ3v) is 2.48. The highest BCUT2D eigenvalue weighted by molar-refractivity contribution is 5.96. The number of rotatable bonds is 7. The average Bonchev–Trinajstić information content (AvgIpc) is 2.28. The molecule has 0 fully saturated rings. The van der Waals surface area contributed by atoms with Gasteiger partial charge in [0.25, 0.3) is 0 Å². The van der Waals surface area contributed by atoms with Gasteiger partial charge in [-0.1, -0.05) is 30.3 Å². The molecule has 0 atom stereocenters. The number of ether oxygens (including phenoxy) is 1. The number of Topliss-reactive ketones (excluding diaryl/α,β-unsaturated/α-hetero) is 1. The maximum absolute atomic E-state index is 11.7. The number of carbonyl (C=O) groups excluding carboxylic acids is 1. The first-order valence-corrected chi connectivity index (χ1v) is 5.95.